The summed E-state index contributed by atoms with van der Waals surface area (Å²) in [5.74, 6) is -0.901. The number of rotatable bonds is 5. The molecule has 4 rings (SSSR count). The van der Waals surface area contributed by atoms with Crippen molar-refractivity contribution < 1.29 is 14.4 Å². The number of para-hydroxylation sites is 1. The van der Waals surface area contributed by atoms with Crippen molar-refractivity contribution >= 4 is 35.0 Å². The van der Waals surface area contributed by atoms with Gasteiger partial charge in [-0.05, 0) is 51.2 Å². The van der Waals surface area contributed by atoms with E-state index in [2.05, 4.69) is 9.97 Å². The number of anilines is 1. The molecule has 3 amide bonds. The van der Waals surface area contributed by atoms with Gasteiger partial charge >= 0.3 is 0 Å². The Morgan fingerprint density at radius 1 is 1.29 bits per heavy atom. The predicted molar refractivity (Wildman–Crippen MR) is 117 cm³/mol. The molecule has 8 nitrogen and oxygen atoms in total. The van der Waals surface area contributed by atoms with Crippen LogP contribution in [0.4, 0.5) is 5.69 Å². The Morgan fingerprint density at radius 3 is 2.65 bits per heavy atom. The van der Waals surface area contributed by atoms with Gasteiger partial charge in [0, 0.05) is 19.1 Å². The highest BCUT2D eigenvalue weighted by Crippen LogP contribution is 2.47. The Balaban J connectivity index is 1.47. The lowest BCUT2D eigenvalue weighted by Gasteiger charge is -2.40. The van der Waals surface area contributed by atoms with Crippen molar-refractivity contribution in [1.82, 2.24) is 14.9 Å². The first-order valence-electron chi connectivity index (χ1n) is 10.6. The molecule has 2 aliphatic rings. The summed E-state index contributed by atoms with van der Waals surface area (Å²) in [6, 6.07) is 7.40. The average molecular weight is 444 g/mol. The Kier molecular flexibility index (Phi) is 5.75. The van der Waals surface area contributed by atoms with E-state index in [9.17, 15) is 14.4 Å². The normalized spacial score (nSPS) is 23.4. The largest absolute Gasteiger partial charge is 0.364 e. The third-order valence-electron chi connectivity index (χ3n) is 6.70. The van der Waals surface area contributed by atoms with E-state index in [-0.39, 0.29) is 29.2 Å². The third-order valence-corrected chi connectivity index (χ3v) is 7.02. The first kappa shape index (κ1) is 21.4. The summed E-state index contributed by atoms with van der Waals surface area (Å²) in [5.41, 5.74) is 5.79. The lowest BCUT2D eigenvalue weighted by atomic mass is 9.71. The highest BCUT2D eigenvalue weighted by Gasteiger charge is 2.50. The van der Waals surface area contributed by atoms with Crippen LogP contribution >= 0.6 is 11.6 Å². The van der Waals surface area contributed by atoms with E-state index < -0.39 is 11.3 Å². The smallest absolute Gasteiger partial charge is 0.275 e. The third kappa shape index (κ3) is 3.69. The molecule has 3 N–H and O–H groups in total. The molecule has 2 fully saturated rings. The van der Waals surface area contributed by atoms with Crippen LogP contribution < -0.4 is 10.6 Å². The van der Waals surface area contributed by atoms with Gasteiger partial charge in [0.25, 0.3) is 11.8 Å². The van der Waals surface area contributed by atoms with Gasteiger partial charge in [-0.15, -0.1) is 0 Å². The van der Waals surface area contributed by atoms with Gasteiger partial charge in [0.15, 0.2) is 5.69 Å². The number of amides is 3. The molecule has 1 spiro atoms. The summed E-state index contributed by atoms with van der Waals surface area (Å²) >= 11 is 6.32. The summed E-state index contributed by atoms with van der Waals surface area (Å²) in [7, 11) is 0. The number of imidazole rings is 1. The minimum atomic E-state index is -0.712. The van der Waals surface area contributed by atoms with Gasteiger partial charge in [-0.2, -0.15) is 0 Å². The molecule has 164 valence electrons. The first-order chi connectivity index (χ1) is 14.9. The van der Waals surface area contributed by atoms with Crippen LogP contribution in [0.5, 0.6) is 0 Å². The number of hydrogen-bond acceptors (Lipinski definition) is 4. The molecule has 1 aliphatic carbocycles. The number of nitrogens with two attached hydrogens (primary N) is 1. The van der Waals surface area contributed by atoms with Gasteiger partial charge < -0.3 is 20.5 Å². The second-order valence-electron chi connectivity index (χ2n) is 8.25. The quantitative estimate of drug-likeness (QED) is 0.739. The van der Waals surface area contributed by atoms with Crippen molar-refractivity contribution in [2.24, 2.45) is 11.1 Å². The number of carbonyl (C=O) groups is 3. The molecule has 1 saturated carbocycles. The SMILES string of the molecule is CCN(C(=O)c1nc[nH]c1C(N)=O)[C@H]1CC[C@@]2(CCN(c3ccccc3Cl)C2=O)CC1. The number of aromatic amines is 1. The predicted octanol–water partition coefficient (Wildman–Crippen LogP) is 2.99. The van der Waals surface area contributed by atoms with Crippen molar-refractivity contribution in [3.63, 3.8) is 0 Å². The number of halogens is 1. The summed E-state index contributed by atoms with van der Waals surface area (Å²) in [4.78, 5) is 48.2. The number of hydrogen-bond donors (Lipinski definition) is 2. The molecule has 0 atom stereocenters. The lowest BCUT2D eigenvalue weighted by Crippen LogP contribution is -2.46. The summed E-state index contributed by atoms with van der Waals surface area (Å²) < 4.78 is 0. The van der Waals surface area contributed by atoms with Crippen molar-refractivity contribution in [1.29, 1.82) is 0 Å². The van der Waals surface area contributed by atoms with Gasteiger partial charge in [0.2, 0.25) is 5.91 Å². The van der Waals surface area contributed by atoms with Crippen molar-refractivity contribution in [2.45, 2.75) is 45.1 Å². The van der Waals surface area contributed by atoms with Crippen LogP contribution in [0.25, 0.3) is 0 Å². The maximum Gasteiger partial charge on any atom is 0.275 e. The number of carbonyl (C=O) groups excluding carboxylic acids is 3. The zero-order valence-electron chi connectivity index (χ0n) is 17.4. The van der Waals surface area contributed by atoms with Crippen LogP contribution in [0, 0.1) is 5.41 Å². The second kappa shape index (κ2) is 8.34. The zero-order valence-corrected chi connectivity index (χ0v) is 18.2. The van der Waals surface area contributed by atoms with Crippen LogP contribution in [0.15, 0.2) is 30.6 Å². The van der Waals surface area contributed by atoms with E-state index in [1.165, 1.54) is 6.33 Å². The molecular weight excluding hydrogens is 418 g/mol. The topological polar surface area (TPSA) is 112 Å². The minimum absolute atomic E-state index is 0.0114. The molecule has 1 saturated heterocycles. The van der Waals surface area contributed by atoms with Crippen LogP contribution in [0.1, 0.15) is 60.0 Å². The summed E-state index contributed by atoms with van der Waals surface area (Å²) in [6.45, 7) is 3.04. The highest BCUT2D eigenvalue weighted by atomic mass is 35.5. The number of nitrogens with one attached hydrogen (secondary N) is 1. The van der Waals surface area contributed by atoms with Gasteiger partial charge in [0.1, 0.15) is 5.69 Å². The van der Waals surface area contributed by atoms with Gasteiger partial charge in [-0.3, -0.25) is 14.4 Å². The Morgan fingerprint density at radius 2 is 2.00 bits per heavy atom. The molecule has 2 aromatic rings. The van der Waals surface area contributed by atoms with Crippen LogP contribution in [-0.4, -0.2) is 51.7 Å². The number of primary amides is 1. The number of H-pyrrole nitrogens is 1. The van der Waals surface area contributed by atoms with Crippen LogP contribution in [0.3, 0.4) is 0 Å². The fraction of sp³-hybridized carbons (Fsp3) is 0.455. The molecule has 0 unspecified atom stereocenters. The Hall–Kier alpha value is -2.87. The van der Waals surface area contributed by atoms with Gasteiger partial charge in [-0.1, -0.05) is 23.7 Å². The Labute approximate surface area is 185 Å². The fourth-order valence-electron chi connectivity index (χ4n) is 5.00. The van der Waals surface area contributed by atoms with Gasteiger partial charge in [0.05, 0.1) is 22.5 Å². The molecular formula is C22H26ClN5O3. The van der Waals surface area contributed by atoms with E-state index in [0.717, 1.165) is 24.9 Å². The van der Waals surface area contributed by atoms with Crippen molar-refractivity contribution in [3.05, 3.63) is 47.0 Å². The van der Waals surface area contributed by atoms with E-state index in [0.29, 0.717) is 31.0 Å². The van der Waals surface area contributed by atoms with E-state index in [4.69, 9.17) is 17.3 Å². The summed E-state index contributed by atoms with van der Waals surface area (Å²) in [5, 5.41) is 0.577. The molecule has 1 aromatic carbocycles. The van der Waals surface area contributed by atoms with Crippen LogP contribution in [-0.2, 0) is 4.79 Å². The first-order valence-corrected chi connectivity index (χ1v) is 11.0. The lowest BCUT2D eigenvalue weighted by molar-refractivity contribution is -0.127. The molecule has 31 heavy (non-hydrogen) atoms. The molecule has 9 heteroatoms. The Bertz CT molecular complexity index is 1010. The number of aromatic nitrogens is 2. The van der Waals surface area contributed by atoms with Gasteiger partial charge in [-0.25, -0.2) is 4.98 Å². The molecule has 1 aliphatic heterocycles. The molecule has 2 heterocycles. The van der Waals surface area contributed by atoms with Crippen molar-refractivity contribution in [2.75, 3.05) is 18.0 Å². The minimum Gasteiger partial charge on any atom is -0.364 e. The average Bonchev–Trinajstić information content (AvgIpc) is 3.37. The van der Waals surface area contributed by atoms with Crippen molar-refractivity contribution in [3.8, 4) is 0 Å². The molecule has 0 radical (unpaired) electrons. The maximum absolute atomic E-state index is 13.3. The van der Waals surface area contributed by atoms with E-state index >= 15 is 0 Å². The molecule has 0 bridgehead atoms. The number of benzene rings is 1. The standard InChI is InChI=1S/C22H26ClN5O3/c1-2-27(20(30)18-17(19(24)29)25-13-26-18)14-7-9-22(10-8-14)11-12-28(21(22)31)16-6-4-3-5-15(16)23/h3-6,13-14H,2,7-12H2,1H3,(H2,24,29)(H,25,26)/t14-,22-. The summed E-state index contributed by atoms with van der Waals surface area (Å²) in [6.07, 6.45) is 4.96. The van der Waals surface area contributed by atoms with E-state index in [1.54, 1.807) is 15.9 Å². The zero-order chi connectivity index (χ0) is 22.2. The molecule has 1 aromatic heterocycles. The second-order valence-corrected chi connectivity index (χ2v) is 8.66. The number of nitrogens with zero attached hydrogens (tertiary/aromatic N) is 3. The van der Waals surface area contributed by atoms with E-state index in [1.807, 2.05) is 25.1 Å². The maximum atomic E-state index is 13.3. The van der Waals surface area contributed by atoms with Crippen LogP contribution in [0.2, 0.25) is 5.02 Å². The fourth-order valence-corrected chi connectivity index (χ4v) is 5.24. The monoisotopic (exact) mass is 443 g/mol. The highest BCUT2D eigenvalue weighted by molar-refractivity contribution is 6.34.